The molecule has 0 unspecified atom stereocenters. The fourth-order valence-corrected chi connectivity index (χ4v) is 2.83. The van der Waals surface area contributed by atoms with E-state index in [0.29, 0.717) is 30.3 Å². The molecule has 170 valence electrons. The molecule has 3 aromatic rings. The Bertz CT molecular complexity index is 1070. The minimum Gasteiger partial charge on any atom is -0.494 e. The Morgan fingerprint density at radius 3 is 2.45 bits per heavy atom. The van der Waals surface area contributed by atoms with Crippen LogP contribution in [0.15, 0.2) is 84.0 Å². The van der Waals surface area contributed by atoms with E-state index in [1.54, 1.807) is 24.3 Å². The molecular formula is C26H27N3O4. The lowest BCUT2D eigenvalue weighted by Gasteiger charge is -2.07. The summed E-state index contributed by atoms with van der Waals surface area (Å²) < 4.78 is 11.3. The zero-order valence-corrected chi connectivity index (χ0v) is 18.5. The molecule has 7 heteroatoms. The smallest absolute Gasteiger partial charge is 0.259 e. The third-order valence-corrected chi connectivity index (χ3v) is 4.51. The monoisotopic (exact) mass is 445 g/mol. The normalized spacial score (nSPS) is 10.6. The summed E-state index contributed by atoms with van der Waals surface area (Å²) in [7, 11) is 0. The minimum absolute atomic E-state index is 0.190. The fraction of sp³-hybridized carbons (Fsp3) is 0.192. The summed E-state index contributed by atoms with van der Waals surface area (Å²) in [4.78, 5) is 24.2. The summed E-state index contributed by atoms with van der Waals surface area (Å²) in [5.41, 5.74) is 4.70. The predicted octanol–water partition coefficient (Wildman–Crippen LogP) is 3.93. The van der Waals surface area contributed by atoms with Crippen LogP contribution in [0.1, 0.15) is 34.8 Å². The average molecular weight is 446 g/mol. The van der Waals surface area contributed by atoms with Gasteiger partial charge in [-0.3, -0.25) is 9.59 Å². The molecule has 2 amide bonds. The molecule has 0 bridgehead atoms. The van der Waals surface area contributed by atoms with Crippen molar-refractivity contribution in [2.75, 3.05) is 13.2 Å². The maximum atomic E-state index is 12.2. The number of amides is 2. The number of benzene rings is 3. The van der Waals surface area contributed by atoms with Crippen molar-refractivity contribution in [1.29, 1.82) is 0 Å². The molecule has 3 rings (SSSR count). The molecule has 0 spiro atoms. The van der Waals surface area contributed by atoms with Gasteiger partial charge in [-0.05, 0) is 53.9 Å². The average Bonchev–Trinajstić information content (AvgIpc) is 2.86. The summed E-state index contributed by atoms with van der Waals surface area (Å²) in [6, 6.07) is 24.0. The zero-order chi connectivity index (χ0) is 23.3. The van der Waals surface area contributed by atoms with Gasteiger partial charge < -0.3 is 14.8 Å². The number of nitrogens with zero attached hydrogens (tertiary/aromatic N) is 1. The van der Waals surface area contributed by atoms with Crippen LogP contribution in [0.5, 0.6) is 11.5 Å². The first-order valence-electron chi connectivity index (χ1n) is 10.7. The van der Waals surface area contributed by atoms with Crippen molar-refractivity contribution in [1.82, 2.24) is 10.7 Å². The summed E-state index contributed by atoms with van der Waals surface area (Å²) in [5, 5.41) is 6.51. The van der Waals surface area contributed by atoms with E-state index in [9.17, 15) is 9.59 Å². The van der Waals surface area contributed by atoms with Crippen LogP contribution in [0, 0.1) is 0 Å². The molecule has 0 saturated heterocycles. The molecule has 2 N–H and O–H groups in total. The van der Waals surface area contributed by atoms with Crippen molar-refractivity contribution in [3.63, 3.8) is 0 Å². The van der Waals surface area contributed by atoms with Crippen LogP contribution in [0.4, 0.5) is 0 Å². The standard InChI is InChI=1S/C26H27N3O4/c1-2-15-32-23-13-11-22(12-14-23)26(31)27-18-25(30)29-28-17-21-9-6-10-24(16-21)33-19-20-7-4-3-5-8-20/h3-14,16-17H,2,15,18-19H2,1H3,(H,27,31)(H,29,30)/b28-17+. The first-order chi connectivity index (χ1) is 16.1. The highest BCUT2D eigenvalue weighted by Gasteiger charge is 2.08. The number of rotatable bonds is 11. The van der Waals surface area contributed by atoms with Crippen molar-refractivity contribution < 1.29 is 19.1 Å². The largest absolute Gasteiger partial charge is 0.494 e. The van der Waals surface area contributed by atoms with Gasteiger partial charge in [0, 0.05) is 5.56 Å². The van der Waals surface area contributed by atoms with Gasteiger partial charge in [-0.1, -0.05) is 49.4 Å². The van der Waals surface area contributed by atoms with Crippen LogP contribution in [0.3, 0.4) is 0 Å². The molecule has 7 nitrogen and oxygen atoms in total. The molecule has 0 saturated carbocycles. The maximum Gasteiger partial charge on any atom is 0.259 e. The van der Waals surface area contributed by atoms with Gasteiger partial charge in [0.1, 0.15) is 18.1 Å². The molecule has 0 aliphatic carbocycles. The van der Waals surface area contributed by atoms with E-state index < -0.39 is 5.91 Å². The lowest BCUT2D eigenvalue weighted by atomic mass is 10.2. The van der Waals surface area contributed by atoms with Crippen LogP contribution in [0.2, 0.25) is 0 Å². The fourth-order valence-electron chi connectivity index (χ4n) is 2.83. The molecular weight excluding hydrogens is 418 g/mol. The van der Waals surface area contributed by atoms with Crippen LogP contribution in [-0.4, -0.2) is 31.2 Å². The third kappa shape index (κ3) is 8.14. The van der Waals surface area contributed by atoms with Crippen molar-refractivity contribution in [3.8, 4) is 11.5 Å². The van der Waals surface area contributed by atoms with Gasteiger partial charge in [0.05, 0.1) is 19.4 Å². The van der Waals surface area contributed by atoms with Gasteiger partial charge in [-0.25, -0.2) is 5.43 Å². The van der Waals surface area contributed by atoms with Gasteiger partial charge >= 0.3 is 0 Å². The Morgan fingerprint density at radius 1 is 0.909 bits per heavy atom. The molecule has 0 aliphatic rings. The molecule has 0 fully saturated rings. The molecule has 0 aromatic heterocycles. The van der Waals surface area contributed by atoms with Crippen LogP contribution in [-0.2, 0) is 11.4 Å². The quantitative estimate of drug-likeness (QED) is 0.346. The first kappa shape index (κ1) is 23.5. The van der Waals surface area contributed by atoms with E-state index in [4.69, 9.17) is 9.47 Å². The number of hydrogen-bond donors (Lipinski definition) is 2. The molecule has 33 heavy (non-hydrogen) atoms. The highest BCUT2D eigenvalue weighted by atomic mass is 16.5. The SMILES string of the molecule is CCCOc1ccc(C(=O)NCC(=O)N/N=C/c2cccc(OCc3ccccc3)c2)cc1. The minimum atomic E-state index is -0.431. The van der Waals surface area contributed by atoms with E-state index in [0.717, 1.165) is 17.5 Å². The van der Waals surface area contributed by atoms with Crippen LogP contribution < -0.4 is 20.2 Å². The second-order valence-corrected chi connectivity index (χ2v) is 7.20. The highest BCUT2D eigenvalue weighted by Crippen LogP contribution is 2.14. The summed E-state index contributed by atoms with van der Waals surface area (Å²) >= 11 is 0. The third-order valence-electron chi connectivity index (χ3n) is 4.51. The lowest BCUT2D eigenvalue weighted by molar-refractivity contribution is -0.120. The van der Waals surface area contributed by atoms with Gasteiger partial charge in [0.25, 0.3) is 11.8 Å². The maximum absolute atomic E-state index is 12.2. The Balaban J connectivity index is 1.42. The summed E-state index contributed by atoms with van der Waals surface area (Å²) in [6.07, 6.45) is 2.43. The second-order valence-electron chi connectivity index (χ2n) is 7.20. The first-order valence-corrected chi connectivity index (χ1v) is 10.7. The van der Waals surface area contributed by atoms with E-state index in [1.165, 1.54) is 6.21 Å². The molecule has 0 aliphatic heterocycles. The molecule has 0 atom stereocenters. The summed E-state index contributed by atoms with van der Waals surface area (Å²) in [5.74, 6) is 0.626. The Kier molecular flexibility index (Phi) is 9.03. The van der Waals surface area contributed by atoms with E-state index >= 15 is 0 Å². The van der Waals surface area contributed by atoms with Crippen molar-refractivity contribution in [3.05, 3.63) is 95.6 Å². The van der Waals surface area contributed by atoms with Crippen molar-refractivity contribution in [2.24, 2.45) is 5.10 Å². The van der Waals surface area contributed by atoms with Crippen LogP contribution in [0.25, 0.3) is 0 Å². The van der Waals surface area contributed by atoms with Gasteiger partial charge in [-0.2, -0.15) is 5.10 Å². The lowest BCUT2D eigenvalue weighted by Crippen LogP contribution is -2.34. The topological polar surface area (TPSA) is 89.0 Å². The van der Waals surface area contributed by atoms with Crippen molar-refractivity contribution in [2.45, 2.75) is 20.0 Å². The Labute approximate surface area is 193 Å². The number of hydrazone groups is 1. The van der Waals surface area contributed by atoms with Gasteiger partial charge in [0.2, 0.25) is 0 Å². The van der Waals surface area contributed by atoms with Gasteiger partial charge in [-0.15, -0.1) is 0 Å². The highest BCUT2D eigenvalue weighted by molar-refractivity contribution is 5.96. The number of nitrogens with one attached hydrogen (secondary N) is 2. The number of carbonyl (C=O) groups excluding carboxylic acids is 2. The Morgan fingerprint density at radius 2 is 1.70 bits per heavy atom. The summed E-state index contributed by atoms with van der Waals surface area (Å²) in [6.45, 7) is 2.92. The molecule has 3 aromatic carbocycles. The van der Waals surface area contributed by atoms with E-state index in [-0.39, 0.29) is 12.5 Å². The van der Waals surface area contributed by atoms with Crippen LogP contribution >= 0.6 is 0 Å². The van der Waals surface area contributed by atoms with Gasteiger partial charge in [0.15, 0.2) is 0 Å². The van der Waals surface area contributed by atoms with E-state index in [1.807, 2.05) is 61.5 Å². The second kappa shape index (κ2) is 12.7. The Hall–Kier alpha value is -4.13. The zero-order valence-electron chi connectivity index (χ0n) is 18.5. The molecule has 0 heterocycles. The van der Waals surface area contributed by atoms with E-state index in [2.05, 4.69) is 15.8 Å². The number of carbonyl (C=O) groups is 2. The van der Waals surface area contributed by atoms with Crippen molar-refractivity contribution >= 4 is 18.0 Å². The number of hydrogen-bond acceptors (Lipinski definition) is 5. The number of ether oxygens (including phenoxy) is 2. The predicted molar refractivity (Wildman–Crippen MR) is 128 cm³/mol. The molecule has 0 radical (unpaired) electrons.